The normalized spacial score (nSPS) is 17.4. The molecular weight excluding hydrogens is 317 g/mol. The lowest BCUT2D eigenvalue weighted by atomic mass is 10.2. The first-order chi connectivity index (χ1) is 12.1. The molecule has 0 bridgehead atoms. The van der Waals surface area contributed by atoms with Crippen LogP contribution in [-0.2, 0) is 0 Å². The predicted octanol–water partition coefficient (Wildman–Crippen LogP) is 2.30. The number of rotatable bonds is 7. The molecule has 6 heteroatoms. The SMILES string of the molecule is CCC(C)NC(=NC)NCCCN1CCN(c2ccccc2F)CC1. The Hall–Kier alpha value is -1.82. The highest BCUT2D eigenvalue weighted by Gasteiger charge is 2.18. The zero-order valence-electron chi connectivity index (χ0n) is 15.8. The predicted molar refractivity (Wildman–Crippen MR) is 104 cm³/mol. The van der Waals surface area contributed by atoms with Crippen LogP contribution >= 0.6 is 0 Å². The Bertz CT molecular complexity index is 540. The molecule has 0 amide bonds. The topological polar surface area (TPSA) is 42.9 Å². The summed E-state index contributed by atoms with van der Waals surface area (Å²) in [6.45, 7) is 10.00. The molecule has 1 aliphatic heterocycles. The van der Waals surface area contributed by atoms with E-state index >= 15 is 0 Å². The van der Waals surface area contributed by atoms with Crippen LogP contribution in [0.25, 0.3) is 0 Å². The van der Waals surface area contributed by atoms with Crippen molar-refractivity contribution in [1.29, 1.82) is 0 Å². The van der Waals surface area contributed by atoms with Crippen LogP contribution in [0.4, 0.5) is 10.1 Å². The van der Waals surface area contributed by atoms with E-state index in [1.54, 1.807) is 13.1 Å². The van der Waals surface area contributed by atoms with Gasteiger partial charge in [-0.2, -0.15) is 0 Å². The van der Waals surface area contributed by atoms with E-state index in [4.69, 9.17) is 0 Å². The Morgan fingerprint density at radius 1 is 1.24 bits per heavy atom. The monoisotopic (exact) mass is 349 g/mol. The van der Waals surface area contributed by atoms with E-state index in [-0.39, 0.29) is 5.82 Å². The smallest absolute Gasteiger partial charge is 0.191 e. The van der Waals surface area contributed by atoms with Crippen molar-refractivity contribution in [2.24, 2.45) is 4.99 Å². The molecule has 2 N–H and O–H groups in total. The molecule has 2 rings (SSSR count). The van der Waals surface area contributed by atoms with Gasteiger partial charge in [0.1, 0.15) is 5.82 Å². The third-order valence-corrected chi connectivity index (χ3v) is 4.73. The molecule has 1 atom stereocenters. The summed E-state index contributed by atoms with van der Waals surface area (Å²) in [6, 6.07) is 7.47. The fraction of sp³-hybridized carbons (Fsp3) is 0.632. The van der Waals surface area contributed by atoms with E-state index in [0.29, 0.717) is 6.04 Å². The van der Waals surface area contributed by atoms with Crippen LogP contribution < -0.4 is 15.5 Å². The van der Waals surface area contributed by atoms with Gasteiger partial charge in [-0.15, -0.1) is 0 Å². The summed E-state index contributed by atoms with van der Waals surface area (Å²) in [7, 11) is 1.81. The van der Waals surface area contributed by atoms with Gasteiger partial charge in [0.05, 0.1) is 5.69 Å². The van der Waals surface area contributed by atoms with Gasteiger partial charge in [-0.25, -0.2) is 4.39 Å². The Balaban J connectivity index is 1.65. The molecule has 1 aliphatic rings. The molecule has 1 fully saturated rings. The first-order valence-electron chi connectivity index (χ1n) is 9.33. The molecule has 1 saturated heterocycles. The van der Waals surface area contributed by atoms with Gasteiger partial charge in [-0.1, -0.05) is 19.1 Å². The average molecular weight is 349 g/mol. The number of nitrogens with zero attached hydrogens (tertiary/aromatic N) is 3. The summed E-state index contributed by atoms with van der Waals surface area (Å²) in [5.74, 6) is 0.749. The van der Waals surface area contributed by atoms with Gasteiger partial charge in [-0.05, 0) is 38.4 Å². The lowest BCUT2D eigenvalue weighted by Gasteiger charge is -2.36. The maximum Gasteiger partial charge on any atom is 0.191 e. The lowest BCUT2D eigenvalue weighted by Crippen LogP contribution is -2.47. The number of piperazine rings is 1. The summed E-state index contributed by atoms with van der Waals surface area (Å²) >= 11 is 0. The molecule has 0 spiro atoms. The second-order valence-electron chi connectivity index (χ2n) is 6.59. The molecule has 1 unspecified atom stereocenters. The van der Waals surface area contributed by atoms with Crippen molar-refractivity contribution in [3.8, 4) is 0 Å². The number of hydrogen-bond acceptors (Lipinski definition) is 3. The summed E-state index contributed by atoms with van der Waals surface area (Å²) in [6.07, 6.45) is 2.15. The summed E-state index contributed by atoms with van der Waals surface area (Å²) in [5, 5.41) is 6.74. The Morgan fingerprint density at radius 2 is 1.96 bits per heavy atom. The second-order valence-corrected chi connectivity index (χ2v) is 6.59. The van der Waals surface area contributed by atoms with Crippen molar-refractivity contribution in [1.82, 2.24) is 15.5 Å². The Kier molecular flexibility index (Phi) is 7.98. The minimum absolute atomic E-state index is 0.125. The van der Waals surface area contributed by atoms with E-state index in [2.05, 4.69) is 39.3 Å². The molecule has 1 aromatic rings. The van der Waals surface area contributed by atoms with Crippen LogP contribution in [0.3, 0.4) is 0 Å². The molecule has 5 nitrogen and oxygen atoms in total. The van der Waals surface area contributed by atoms with E-state index in [1.165, 1.54) is 6.07 Å². The first-order valence-corrected chi connectivity index (χ1v) is 9.33. The molecule has 1 heterocycles. The molecule has 140 valence electrons. The fourth-order valence-corrected chi connectivity index (χ4v) is 2.96. The van der Waals surface area contributed by atoms with Crippen molar-refractivity contribution in [2.75, 3.05) is 51.2 Å². The van der Waals surface area contributed by atoms with E-state index in [9.17, 15) is 4.39 Å². The maximum absolute atomic E-state index is 13.9. The van der Waals surface area contributed by atoms with Crippen molar-refractivity contribution >= 4 is 11.6 Å². The van der Waals surface area contributed by atoms with E-state index in [1.807, 2.05) is 12.1 Å². The van der Waals surface area contributed by atoms with Gasteiger partial charge in [0, 0.05) is 45.8 Å². The highest BCUT2D eigenvalue weighted by Crippen LogP contribution is 2.20. The van der Waals surface area contributed by atoms with Gasteiger partial charge in [0.25, 0.3) is 0 Å². The van der Waals surface area contributed by atoms with Gasteiger partial charge in [-0.3, -0.25) is 9.89 Å². The molecule has 0 saturated carbocycles. The number of benzene rings is 1. The third kappa shape index (κ3) is 6.20. The summed E-state index contributed by atoms with van der Waals surface area (Å²) in [4.78, 5) is 8.84. The molecule has 0 aliphatic carbocycles. The van der Waals surface area contributed by atoms with Crippen LogP contribution in [-0.4, -0.2) is 63.2 Å². The lowest BCUT2D eigenvalue weighted by molar-refractivity contribution is 0.254. The van der Waals surface area contributed by atoms with Crippen LogP contribution in [0.2, 0.25) is 0 Å². The third-order valence-electron chi connectivity index (χ3n) is 4.73. The Morgan fingerprint density at radius 3 is 2.60 bits per heavy atom. The number of guanidine groups is 1. The van der Waals surface area contributed by atoms with Gasteiger partial charge in [0.15, 0.2) is 5.96 Å². The van der Waals surface area contributed by atoms with Crippen molar-refractivity contribution in [3.05, 3.63) is 30.1 Å². The van der Waals surface area contributed by atoms with Crippen molar-refractivity contribution in [3.63, 3.8) is 0 Å². The molecule has 1 aromatic carbocycles. The van der Waals surface area contributed by atoms with Crippen molar-refractivity contribution in [2.45, 2.75) is 32.7 Å². The van der Waals surface area contributed by atoms with Gasteiger partial charge < -0.3 is 15.5 Å². The highest BCUT2D eigenvalue weighted by molar-refractivity contribution is 5.79. The average Bonchev–Trinajstić information content (AvgIpc) is 2.65. The second kappa shape index (κ2) is 10.2. The maximum atomic E-state index is 13.9. The summed E-state index contributed by atoms with van der Waals surface area (Å²) in [5.41, 5.74) is 0.726. The number of nitrogens with one attached hydrogen (secondary N) is 2. The number of hydrogen-bond donors (Lipinski definition) is 2. The number of anilines is 1. The quantitative estimate of drug-likeness (QED) is 0.450. The van der Waals surface area contributed by atoms with E-state index in [0.717, 1.165) is 63.8 Å². The van der Waals surface area contributed by atoms with Crippen LogP contribution in [0.5, 0.6) is 0 Å². The highest BCUT2D eigenvalue weighted by atomic mass is 19.1. The molecule has 0 radical (unpaired) electrons. The van der Waals surface area contributed by atoms with Crippen LogP contribution in [0.15, 0.2) is 29.3 Å². The van der Waals surface area contributed by atoms with E-state index < -0.39 is 0 Å². The molecular formula is C19H32FN5. The largest absolute Gasteiger partial charge is 0.367 e. The number of halogens is 1. The first kappa shape index (κ1) is 19.5. The molecule has 0 aromatic heterocycles. The fourth-order valence-electron chi connectivity index (χ4n) is 2.96. The number of aliphatic imine (C=N–C) groups is 1. The summed E-state index contributed by atoms with van der Waals surface area (Å²) < 4.78 is 13.9. The van der Waals surface area contributed by atoms with Gasteiger partial charge >= 0.3 is 0 Å². The minimum Gasteiger partial charge on any atom is -0.367 e. The number of para-hydroxylation sites is 1. The molecule has 25 heavy (non-hydrogen) atoms. The minimum atomic E-state index is -0.125. The standard InChI is InChI=1S/C19H32FN5/c1-4-16(2)23-19(21-3)22-10-7-11-24-12-14-25(15-13-24)18-9-6-5-8-17(18)20/h5-6,8-9,16H,4,7,10-15H2,1-3H3,(H2,21,22,23). The Labute approximate surface area is 151 Å². The van der Waals surface area contributed by atoms with Gasteiger partial charge in [0.2, 0.25) is 0 Å². The van der Waals surface area contributed by atoms with Crippen LogP contribution in [0, 0.1) is 5.82 Å². The van der Waals surface area contributed by atoms with Crippen LogP contribution in [0.1, 0.15) is 26.7 Å². The zero-order valence-corrected chi connectivity index (χ0v) is 15.8. The van der Waals surface area contributed by atoms with Crippen molar-refractivity contribution < 1.29 is 4.39 Å². The zero-order chi connectivity index (χ0) is 18.1.